The van der Waals surface area contributed by atoms with Gasteiger partial charge in [0.05, 0.1) is 19.3 Å². The van der Waals surface area contributed by atoms with Gasteiger partial charge in [0.2, 0.25) is 0 Å². The molecule has 0 aliphatic carbocycles. The highest BCUT2D eigenvalue weighted by Gasteiger charge is 2.32. The van der Waals surface area contributed by atoms with Gasteiger partial charge in [0.1, 0.15) is 28.4 Å². The molecule has 0 aliphatic heterocycles. The Balaban J connectivity index is 1.48. The molecule has 39 heavy (non-hydrogen) atoms. The highest BCUT2D eigenvalue weighted by Crippen LogP contribution is 2.29. The first-order valence-corrected chi connectivity index (χ1v) is 12.2. The minimum Gasteiger partial charge on any atom is -0.370 e. The van der Waals surface area contributed by atoms with Crippen LogP contribution in [-0.4, -0.2) is 34.7 Å². The van der Waals surface area contributed by atoms with Gasteiger partial charge in [-0.3, -0.25) is 9.78 Å². The molecule has 9 nitrogen and oxygen atoms in total. The van der Waals surface area contributed by atoms with Crippen LogP contribution >= 0.6 is 0 Å². The number of benzene rings is 1. The van der Waals surface area contributed by atoms with Gasteiger partial charge in [-0.1, -0.05) is 36.4 Å². The predicted molar refractivity (Wildman–Crippen MR) is 136 cm³/mol. The van der Waals surface area contributed by atoms with Gasteiger partial charge in [-0.15, -0.1) is 0 Å². The van der Waals surface area contributed by atoms with Crippen LogP contribution in [0.25, 0.3) is 11.0 Å². The molecule has 0 aliphatic rings. The smallest absolute Gasteiger partial charge is 0.370 e. The molecule has 12 heteroatoms. The molecular formula is C27H24F3N7O2. The van der Waals surface area contributed by atoms with Crippen LogP contribution in [0.4, 0.5) is 13.2 Å². The van der Waals surface area contributed by atoms with E-state index >= 15 is 0 Å². The molecule has 0 spiro atoms. The van der Waals surface area contributed by atoms with Gasteiger partial charge in [-0.05, 0) is 30.2 Å². The Kier molecular flexibility index (Phi) is 7.46. The van der Waals surface area contributed by atoms with Crippen molar-refractivity contribution in [1.29, 1.82) is 0 Å². The molecule has 0 radical (unpaired) electrons. The van der Waals surface area contributed by atoms with E-state index in [0.29, 0.717) is 48.0 Å². The Morgan fingerprint density at radius 3 is 2.44 bits per heavy atom. The van der Waals surface area contributed by atoms with Gasteiger partial charge in [-0.2, -0.15) is 18.3 Å². The van der Waals surface area contributed by atoms with Gasteiger partial charge >= 0.3 is 6.18 Å². The van der Waals surface area contributed by atoms with Gasteiger partial charge in [0.15, 0.2) is 5.65 Å². The molecular weight excluding hydrogens is 511 g/mol. The molecule has 0 amide bonds. The average molecular weight is 536 g/mol. The maximum Gasteiger partial charge on any atom is 0.433 e. The monoisotopic (exact) mass is 535 g/mol. The quantitative estimate of drug-likeness (QED) is 0.297. The van der Waals surface area contributed by atoms with Gasteiger partial charge < -0.3 is 9.72 Å². The molecule has 0 bridgehead atoms. The highest BCUT2D eigenvalue weighted by atomic mass is 19.4. The third-order valence-corrected chi connectivity index (χ3v) is 6.16. The summed E-state index contributed by atoms with van der Waals surface area (Å²) in [4.78, 5) is 32.7. The summed E-state index contributed by atoms with van der Waals surface area (Å²) in [6.45, 7) is 2.11. The number of alkyl halides is 3. The second-order valence-corrected chi connectivity index (χ2v) is 8.90. The number of nitrogens with zero attached hydrogens (tertiary/aromatic N) is 6. The number of fused-ring (bicyclic) bond motifs is 1. The molecule has 5 rings (SSSR count). The molecule has 0 saturated heterocycles. The van der Waals surface area contributed by atoms with E-state index in [0.717, 1.165) is 17.8 Å². The summed E-state index contributed by atoms with van der Waals surface area (Å²) in [6.07, 6.45) is 0.713. The molecule has 1 aromatic carbocycles. The van der Waals surface area contributed by atoms with Gasteiger partial charge in [-0.25, -0.2) is 19.6 Å². The Hall–Kier alpha value is -4.45. The summed E-state index contributed by atoms with van der Waals surface area (Å²) in [6, 6.07) is 13.0. The fraction of sp³-hybridized carbons (Fsp3) is 0.259. The zero-order valence-electron chi connectivity index (χ0n) is 20.9. The normalized spacial score (nSPS) is 12.6. The molecule has 1 unspecified atom stereocenters. The number of aryl methyl sites for hydroxylation is 2. The summed E-state index contributed by atoms with van der Waals surface area (Å²) in [5.74, 6) is 1.02. The van der Waals surface area contributed by atoms with Crippen LogP contribution in [0.5, 0.6) is 0 Å². The van der Waals surface area contributed by atoms with E-state index in [1.165, 1.54) is 10.7 Å². The van der Waals surface area contributed by atoms with E-state index in [-0.39, 0.29) is 17.6 Å². The maximum atomic E-state index is 13.2. The lowest BCUT2D eigenvalue weighted by Crippen LogP contribution is -2.16. The summed E-state index contributed by atoms with van der Waals surface area (Å²) in [7, 11) is 0. The zero-order valence-corrected chi connectivity index (χ0v) is 20.9. The molecule has 4 aromatic heterocycles. The number of aromatic amines is 1. The number of halogens is 3. The third kappa shape index (κ3) is 6.01. The fourth-order valence-electron chi connectivity index (χ4n) is 4.14. The second-order valence-electron chi connectivity index (χ2n) is 8.90. The van der Waals surface area contributed by atoms with Crippen LogP contribution in [0, 0.1) is 0 Å². The molecule has 4 heterocycles. The van der Waals surface area contributed by atoms with E-state index in [2.05, 4.69) is 30.0 Å². The number of rotatable bonds is 9. The van der Waals surface area contributed by atoms with Crippen molar-refractivity contribution >= 4 is 11.0 Å². The first-order valence-electron chi connectivity index (χ1n) is 12.2. The Morgan fingerprint density at radius 1 is 0.974 bits per heavy atom. The predicted octanol–water partition coefficient (Wildman–Crippen LogP) is 4.43. The fourth-order valence-corrected chi connectivity index (χ4v) is 4.14. The zero-order chi connectivity index (χ0) is 27.4. The Bertz CT molecular complexity index is 1600. The first kappa shape index (κ1) is 26.2. The lowest BCUT2D eigenvalue weighted by atomic mass is 10.1. The molecule has 1 atom stereocenters. The maximum absolute atomic E-state index is 13.2. The number of hydrogen-bond acceptors (Lipinski definition) is 7. The van der Waals surface area contributed by atoms with Crippen molar-refractivity contribution in [1.82, 2.24) is 34.7 Å². The molecule has 200 valence electrons. The second kappa shape index (κ2) is 11.1. The van der Waals surface area contributed by atoms with Gasteiger partial charge in [0, 0.05) is 31.4 Å². The summed E-state index contributed by atoms with van der Waals surface area (Å²) >= 11 is 0. The van der Waals surface area contributed by atoms with Crippen molar-refractivity contribution in [3.8, 4) is 0 Å². The van der Waals surface area contributed by atoms with E-state index in [1.54, 1.807) is 25.4 Å². The van der Waals surface area contributed by atoms with Crippen molar-refractivity contribution in [2.75, 3.05) is 0 Å². The van der Waals surface area contributed by atoms with Crippen molar-refractivity contribution < 1.29 is 17.9 Å². The lowest BCUT2D eigenvalue weighted by Gasteiger charge is -2.14. The minimum atomic E-state index is -4.55. The van der Waals surface area contributed by atoms with E-state index < -0.39 is 17.9 Å². The van der Waals surface area contributed by atoms with E-state index in [4.69, 9.17) is 4.74 Å². The van der Waals surface area contributed by atoms with Crippen LogP contribution in [0.15, 0.2) is 71.9 Å². The molecule has 0 saturated carbocycles. The summed E-state index contributed by atoms with van der Waals surface area (Å²) in [5, 5.41) is 4.88. The largest absolute Gasteiger partial charge is 0.433 e. The van der Waals surface area contributed by atoms with Crippen LogP contribution in [0.2, 0.25) is 0 Å². The highest BCUT2D eigenvalue weighted by molar-refractivity contribution is 5.77. The van der Waals surface area contributed by atoms with Gasteiger partial charge in [0.25, 0.3) is 5.56 Å². The first-order chi connectivity index (χ1) is 18.8. The summed E-state index contributed by atoms with van der Waals surface area (Å²) < 4.78 is 46.5. The van der Waals surface area contributed by atoms with Crippen molar-refractivity contribution in [2.45, 2.75) is 45.2 Å². The van der Waals surface area contributed by atoms with Crippen LogP contribution in [-0.2, 0) is 37.0 Å². The minimum absolute atomic E-state index is 0.0400. The van der Waals surface area contributed by atoms with Crippen LogP contribution in [0.1, 0.15) is 47.1 Å². The van der Waals surface area contributed by atoms with Crippen molar-refractivity contribution in [3.05, 3.63) is 112 Å². The number of aromatic nitrogens is 7. The summed E-state index contributed by atoms with van der Waals surface area (Å²) in [5.41, 5.74) is 0.742. The Morgan fingerprint density at radius 2 is 1.74 bits per heavy atom. The van der Waals surface area contributed by atoms with Crippen LogP contribution < -0.4 is 5.56 Å². The average Bonchev–Trinajstić information content (AvgIpc) is 3.31. The third-order valence-electron chi connectivity index (χ3n) is 6.16. The number of nitrogens with one attached hydrogen (secondary N) is 1. The number of pyridine rings is 1. The molecule has 0 fully saturated rings. The number of hydrogen-bond donors (Lipinski definition) is 1. The standard InChI is InChI=1S/C27H24F3N7O2/c1-17(19-8-9-21(33-14-19)27(28,29)30)37-25-24(20(36-37)16-39-15-18-6-3-2-4-7-18)26(38)35-23(34-25)11-10-22-31-12-5-13-32-22/h2-9,12-14,17H,10-11,15-16H2,1H3,(H,34,35,38). The topological polar surface area (TPSA) is 111 Å². The molecule has 1 N–H and O–H groups in total. The van der Waals surface area contributed by atoms with E-state index in [9.17, 15) is 18.0 Å². The lowest BCUT2D eigenvalue weighted by molar-refractivity contribution is -0.141. The number of H-pyrrole nitrogens is 1. The van der Waals surface area contributed by atoms with Crippen LogP contribution in [0.3, 0.4) is 0 Å². The van der Waals surface area contributed by atoms with E-state index in [1.807, 2.05) is 30.3 Å². The molecule has 5 aromatic rings. The van der Waals surface area contributed by atoms with Crippen molar-refractivity contribution in [2.24, 2.45) is 0 Å². The van der Waals surface area contributed by atoms with Crippen molar-refractivity contribution in [3.63, 3.8) is 0 Å². The number of ether oxygens (including phenoxy) is 1. The Labute approximate surface area is 220 Å². The SMILES string of the molecule is CC(c1ccc(C(F)(F)F)nc1)n1nc(COCc2ccccc2)c2c(=O)[nH]c(CCc3ncccn3)nc21.